The third kappa shape index (κ3) is 3.41. The first-order chi connectivity index (χ1) is 20.3. The highest BCUT2D eigenvalue weighted by atomic mass is 16.5. The van der Waals surface area contributed by atoms with Gasteiger partial charge in [0, 0.05) is 28.9 Å². The Morgan fingerprint density at radius 1 is 0.488 bits per heavy atom. The van der Waals surface area contributed by atoms with Crippen LogP contribution in [0.4, 0.5) is 17.1 Å². The second kappa shape index (κ2) is 8.64. The van der Waals surface area contributed by atoms with E-state index in [4.69, 9.17) is 9.47 Å². The van der Waals surface area contributed by atoms with E-state index in [1.165, 1.54) is 50.2 Å². The zero-order chi connectivity index (χ0) is 26.9. The first-order valence-corrected chi connectivity index (χ1v) is 14.1. The molecule has 3 heterocycles. The summed E-state index contributed by atoms with van der Waals surface area (Å²) in [6, 6.07) is 47.4. The molecule has 0 saturated heterocycles. The maximum absolute atomic E-state index is 6.44. The van der Waals surface area contributed by atoms with E-state index in [1.807, 2.05) is 24.3 Å². The number of ether oxygens (including phenoxy) is 2. The largest absolute Gasteiger partial charge is 0.458 e. The lowest BCUT2D eigenvalue weighted by atomic mass is 9.35. The Kier molecular flexibility index (Phi) is 4.76. The Hall–Kier alpha value is -5.22. The highest BCUT2D eigenvalue weighted by Crippen LogP contribution is 2.45. The molecular weight excluding hydrogens is 501 g/mol. The second-order valence-corrected chi connectivity index (χ2v) is 10.9. The summed E-state index contributed by atoms with van der Waals surface area (Å²) in [6.07, 6.45) is 0.904. The minimum absolute atomic E-state index is 0.0629. The number of rotatable bonds is 2. The number of para-hydroxylation sites is 3. The smallest absolute Gasteiger partial charge is 0.260 e. The van der Waals surface area contributed by atoms with Crippen LogP contribution in [0.25, 0.3) is 11.1 Å². The van der Waals surface area contributed by atoms with Gasteiger partial charge < -0.3 is 14.4 Å². The van der Waals surface area contributed by atoms with Gasteiger partial charge in [-0.3, -0.25) is 0 Å². The Morgan fingerprint density at radius 2 is 1.15 bits per heavy atom. The summed E-state index contributed by atoms with van der Waals surface area (Å²) in [6.45, 7) is 0.0629. The van der Waals surface area contributed by atoms with Crippen LogP contribution in [-0.2, 0) is 6.42 Å². The van der Waals surface area contributed by atoms with E-state index in [2.05, 4.69) is 114 Å². The molecule has 0 atom stereocenters. The summed E-state index contributed by atoms with van der Waals surface area (Å²) in [5, 5.41) is 0. The van der Waals surface area contributed by atoms with Crippen molar-refractivity contribution in [3.63, 3.8) is 0 Å². The molecule has 3 aliphatic heterocycles. The molecule has 0 aliphatic carbocycles. The molecule has 192 valence electrons. The molecule has 0 unspecified atom stereocenters. The monoisotopic (exact) mass is 525 g/mol. The van der Waals surface area contributed by atoms with Gasteiger partial charge in [-0.05, 0) is 87.8 Å². The minimum Gasteiger partial charge on any atom is -0.458 e. The lowest BCUT2D eigenvalue weighted by Gasteiger charge is -2.34. The van der Waals surface area contributed by atoms with Crippen molar-refractivity contribution in [3.05, 3.63) is 145 Å². The third-order valence-corrected chi connectivity index (χ3v) is 8.59. The molecule has 0 N–H and O–H groups in total. The first kappa shape index (κ1) is 22.6. The summed E-state index contributed by atoms with van der Waals surface area (Å²) in [5.41, 5.74) is 12.2. The van der Waals surface area contributed by atoms with Crippen LogP contribution < -0.4 is 30.8 Å². The molecule has 4 heteroatoms. The molecule has 0 aromatic heterocycles. The lowest BCUT2D eigenvalue weighted by Crippen LogP contribution is -2.57. The molecule has 3 aliphatic rings. The predicted molar refractivity (Wildman–Crippen MR) is 167 cm³/mol. The highest BCUT2D eigenvalue weighted by Gasteiger charge is 2.40. The van der Waals surface area contributed by atoms with Crippen molar-refractivity contribution in [1.82, 2.24) is 0 Å². The quantitative estimate of drug-likeness (QED) is 0.219. The minimum atomic E-state index is 0.0629. The van der Waals surface area contributed by atoms with E-state index < -0.39 is 0 Å². The predicted octanol–water partition coefficient (Wildman–Crippen LogP) is 7.46. The number of fused-ring (bicyclic) bond motifs is 6. The molecule has 0 radical (unpaired) electrons. The fraction of sp³-hybridized carbons (Fsp3) is 0.0270. The van der Waals surface area contributed by atoms with E-state index in [0.29, 0.717) is 0 Å². The summed E-state index contributed by atoms with van der Waals surface area (Å²) in [5.74, 6) is 3.56. The van der Waals surface area contributed by atoms with Crippen LogP contribution in [0, 0.1) is 0 Å². The SMILES string of the molecule is c1ccc(N2c3ccccc3Cc3cc(-c4ccc5c(c4)B4c6ccccc6Oc6cccc(c64)O5)ccc32)cc1. The van der Waals surface area contributed by atoms with Crippen LogP contribution in [-0.4, -0.2) is 6.71 Å². The molecule has 41 heavy (non-hydrogen) atoms. The molecule has 0 saturated carbocycles. The molecule has 0 spiro atoms. The summed E-state index contributed by atoms with van der Waals surface area (Å²) in [4.78, 5) is 2.38. The second-order valence-electron chi connectivity index (χ2n) is 10.9. The van der Waals surface area contributed by atoms with Gasteiger partial charge in [-0.1, -0.05) is 78.9 Å². The van der Waals surface area contributed by atoms with Crippen molar-refractivity contribution >= 4 is 40.2 Å². The van der Waals surface area contributed by atoms with Gasteiger partial charge in [-0.2, -0.15) is 0 Å². The van der Waals surface area contributed by atoms with Crippen molar-refractivity contribution in [2.45, 2.75) is 6.42 Å². The molecule has 0 fully saturated rings. The average Bonchev–Trinajstić information content (AvgIpc) is 3.03. The van der Waals surface area contributed by atoms with Crippen molar-refractivity contribution in [2.75, 3.05) is 4.90 Å². The topological polar surface area (TPSA) is 21.7 Å². The van der Waals surface area contributed by atoms with Gasteiger partial charge in [0.05, 0.1) is 0 Å². The molecular formula is C37H24BNO2. The molecule has 6 aromatic carbocycles. The van der Waals surface area contributed by atoms with Crippen LogP contribution in [0.15, 0.2) is 133 Å². The lowest BCUT2D eigenvalue weighted by molar-refractivity contribution is 0.464. The van der Waals surface area contributed by atoms with E-state index in [-0.39, 0.29) is 6.71 Å². The van der Waals surface area contributed by atoms with Crippen LogP contribution in [0.5, 0.6) is 23.0 Å². The van der Waals surface area contributed by atoms with Crippen LogP contribution in [0.3, 0.4) is 0 Å². The van der Waals surface area contributed by atoms with Crippen molar-refractivity contribution in [3.8, 4) is 34.1 Å². The normalized spacial score (nSPS) is 13.6. The molecule has 0 bridgehead atoms. The molecule has 6 aromatic rings. The van der Waals surface area contributed by atoms with Gasteiger partial charge in [-0.15, -0.1) is 0 Å². The zero-order valence-electron chi connectivity index (χ0n) is 22.2. The maximum Gasteiger partial charge on any atom is 0.260 e. The van der Waals surface area contributed by atoms with Crippen molar-refractivity contribution < 1.29 is 9.47 Å². The van der Waals surface area contributed by atoms with Crippen LogP contribution >= 0.6 is 0 Å². The number of anilines is 3. The number of hydrogen-bond donors (Lipinski definition) is 0. The fourth-order valence-corrected chi connectivity index (χ4v) is 6.75. The van der Waals surface area contributed by atoms with E-state index in [1.54, 1.807) is 0 Å². The Morgan fingerprint density at radius 3 is 2.02 bits per heavy atom. The van der Waals surface area contributed by atoms with E-state index in [0.717, 1.165) is 34.9 Å². The Labute approximate surface area is 239 Å². The van der Waals surface area contributed by atoms with Gasteiger partial charge in [0.1, 0.15) is 23.0 Å². The first-order valence-electron chi connectivity index (χ1n) is 14.1. The van der Waals surface area contributed by atoms with Crippen molar-refractivity contribution in [2.24, 2.45) is 0 Å². The van der Waals surface area contributed by atoms with Gasteiger partial charge in [-0.25, -0.2) is 0 Å². The maximum atomic E-state index is 6.44. The van der Waals surface area contributed by atoms with Gasteiger partial charge in [0.2, 0.25) is 0 Å². The third-order valence-electron chi connectivity index (χ3n) is 8.59. The van der Waals surface area contributed by atoms with Crippen LogP contribution in [0.1, 0.15) is 11.1 Å². The fourth-order valence-electron chi connectivity index (χ4n) is 6.75. The van der Waals surface area contributed by atoms with E-state index >= 15 is 0 Å². The molecule has 3 nitrogen and oxygen atoms in total. The van der Waals surface area contributed by atoms with Gasteiger partial charge in [0.15, 0.2) is 0 Å². The van der Waals surface area contributed by atoms with Gasteiger partial charge in [0.25, 0.3) is 6.71 Å². The number of benzene rings is 6. The average molecular weight is 525 g/mol. The Bertz CT molecular complexity index is 1990. The van der Waals surface area contributed by atoms with Gasteiger partial charge >= 0.3 is 0 Å². The standard InChI is InChI=1S/C37H24BNO2/c1-2-10-28(11-3-1)39-31-13-6-4-9-26(31)22-27-21-24(17-19-32(27)39)25-18-20-34-30(23-25)38-29-12-5-7-14-33(29)40-35-15-8-16-36(41-34)37(35)38/h1-21,23H,22H2. The summed E-state index contributed by atoms with van der Waals surface area (Å²) >= 11 is 0. The van der Waals surface area contributed by atoms with Crippen molar-refractivity contribution in [1.29, 1.82) is 0 Å². The molecule has 0 amide bonds. The summed E-state index contributed by atoms with van der Waals surface area (Å²) < 4.78 is 12.7. The Balaban J connectivity index is 1.18. The number of nitrogens with zero attached hydrogens (tertiary/aromatic N) is 1. The summed E-state index contributed by atoms with van der Waals surface area (Å²) in [7, 11) is 0. The zero-order valence-corrected chi connectivity index (χ0v) is 22.2. The molecule has 9 rings (SSSR count). The van der Waals surface area contributed by atoms with E-state index in [9.17, 15) is 0 Å². The number of hydrogen-bond acceptors (Lipinski definition) is 3. The highest BCUT2D eigenvalue weighted by molar-refractivity contribution is 6.98. The van der Waals surface area contributed by atoms with Crippen LogP contribution in [0.2, 0.25) is 0 Å².